The molecule has 0 aliphatic carbocycles. The van der Waals surface area contributed by atoms with Crippen molar-refractivity contribution in [3.05, 3.63) is 45.4 Å². The second kappa shape index (κ2) is 5.70. The fourth-order valence-electron chi connectivity index (χ4n) is 1.67. The third-order valence-corrected chi connectivity index (χ3v) is 2.78. The summed E-state index contributed by atoms with van der Waals surface area (Å²) < 4.78 is 5.15. The summed E-state index contributed by atoms with van der Waals surface area (Å²) in [5.41, 5.74) is 1.28. The molecule has 1 aromatic carbocycles. The van der Waals surface area contributed by atoms with E-state index in [9.17, 15) is 10.1 Å². The van der Waals surface area contributed by atoms with Gasteiger partial charge in [-0.25, -0.2) is 4.98 Å². The van der Waals surface area contributed by atoms with E-state index in [0.29, 0.717) is 5.69 Å². The van der Waals surface area contributed by atoms with Crippen LogP contribution >= 0.6 is 11.6 Å². The van der Waals surface area contributed by atoms with Crippen molar-refractivity contribution >= 4 is 28.8 Å². The number of ether oxygens (including phenoxy) is 1. The minimum atomic E-state index is -0.574. The van der Waals surface area contributed by atoms with E-state index in [1.54, 1.807) is 25.3 Å². The number of anilines is 2. The lowest BCUT2D eigenvalue weighted by Gasteiger charge is -2.09. The Morgan fingerprint density at radius 1 is 1.45 bits per heavy atom. The molecule has 0 aliphatic rings. The maximum atomic E-state index is 10.9. The van der Waals surface area contributed by atoms with Crippen LogP contribution in [0.4, 0.5) is 17.2 Å². The molecule has 7 nitrogen and oxygen atoms in total. The number of aromatic nitrogens is 2. The van der Waals surface area contributed by atoms with Crippen LogP contribution in [0.15, 0.2) is 24.4 Å². The minimum Gasteiger partial charge on any atom is -0.496 e. The normalized spacial score (nSPS) is 10.2. The smallest absolute Gasteiger partial charge is 0.329 e. The Balaban J connectivity index is 2.36. The van der Waals surface area contributed by atoms with Gasteiger partial charge < -0.3 is 10.1 Å². The first-order valence-corrected chi connectivity index (χ1v) is 5.97. The van der Waals surface area contributed by atoms with Gasteiger partial charge in [0.15, 0.2) is 0 Å². The second-order valence-corrected chi connectivity index (χ2v) is 4.28. The van der Waals surface area contributed by atoms with Crippen LogP contribution < -0.4 is 10.1 Å². The van der Waals surface area contributed by atoms with Crippen LogP contribution in [0.3, 0.4) is 0 Å². The zero-order valence-electron chi connectivity index (χ0n) is 10.8. The maximum absolute atomic E-state index is 10.9. The van der Waals surface area contributed by atoms with Gasteiger partial charge in [-0.15, -0.1) is 0 Å². The van der Waals surface area contributed by atoms with E-state index in [-0.39, 0.29) is 16.8 Å². The van der Waals surface area contributed by atoms with Gasteiger partial charge in [0.2, 0.25) is 11.1 Å². The van der Waals surface area contributed by atoms with E-state index >= 15 is 0 Å². The molecule has 0 fully saturated rings. The number of aryl methyl sites for hydroxylation is 1. The van der Waals surface area contributed by atoms with Gasteiger partial charge in [0, 0.05) is 5.69 Å². The Morgan fingerprint density at radius 3 is 2.80 bits per heavy atom. The molecule has 0 unspecified atom stereocenters. The van der Waals surface area contributed by atoms with Crippen LogP contribution in [0.1, 0.15) is 5.56 Å². The van der Waals surface area contributed by atoms with Crippen molar-refractivity contribution in [1.29, 1.82) is 0 Å². The molecule has 0 radical (unpaired) electrons. The van der Waals surface area contributed by atoms with E-state index in [1.807, 2.05) is 6.92 Å². The number of nitrogens with one attached hydrogen (secondary N) is 1. The first kappa shape index (κ1) is 14.0. The van der Waals surface area contributed by atoms with Crippen molar-refractivity contribution in [3.8, 4) is 5.75 Å². The van der Waals surface area contributed by atoms with Gasteiger partial charge in [-0.3, -0.25) is 10.1 Å². The van der Waals surface area contributed by atoms with E-state index in [2.05, 4.69) is 15.3 Å². The molecule has 0 saturated heterocycles. The molecule has 20 heavy (non-hydrogen) atoms. The Morgan fingerprint density at radius 2 is 2.20 bits per heavy atom. The number of benzene rings is 1. The Kier molecular flexibility index (Phi) is 3.99. The standard InChI is InChI=1S/C12H11ClN4O3/c1-7-5-8(3-4-10(7)20-2)15-11-9(17(18)19)6-14-12(13)16-11/h3-6H,1-2H3,(H,14,15,16). The third-order valence-electron chi connectivity index (χ3n) is 2.59. The molecule has 2 aromatic rings. The van der Waals surface area contributed by atoms with Crippen molar-refractivity contribution < 1.29 is 9.66 Å². The van der Waals surface area contributed by atoms with Crippen molar-refractivity contribution in [2.24, 2.45) is 0 Å². The first-order valence-electron chi connectivity index (χ1n) is 5.60. The predicted octanol–water partition coefficient (Wildman–Crippen LogP) is 3.10. The van der Waals surface area contributed by atoms with Gasteiger partial charge in [0.25, 0.3) is 0 Å². The molecular formula is C12H11ClN4O3. The molecule has 0 aliphatic heterocycles. The molecule has 8 heteroatoms. The van der Waals surface area contributed by atoms with Crippen LogP contribution in [0.2, 0.25) is 5.28 Å². The lowest BCUT2D eigenvalue weighted by molar-refractivity contribution is -0.384. The zero-order valence-corrected chi connectivity index (χ0v) is 11.5. The summed E-state index contributed by atoms with van der Waals surface area (Å²) in [4.78, 5) is 17.8. The van der Waals surface area contributed by atoms with Gasteiger partial charge in [-0.05, 0) is 42.3 Å². The average molecular weight is 295 g/mol. The highest BCUT2D eigenvalue weighted by atomic mass is 35.5. The summed E-state index contributed by atoms with van der Waals surface area (Å²) >= 11 is 5.66. The molecule has 0 amide bonds. The van der Waals surface area contributed by atoms with Crippen LogP contribution in [0, 0.1) is 17.0 Å². The fraction of sp³-hybridized carbons (Fsp3) is 0.167. The summed E-state index contributed by atoms with van der Waals surface area (Å²) in [6.45, 7) is 1.87. The number of rotatable bonds is 4. The summed E-state index contributed by atoms with van der Waals surface area (Å²) in [6.07, 6.45) is 1.06. The van der Waals surface area contributed by atoms with Gasteiger partial charge in [-0.1, -0.05) is 0 Å². The highest BCUT2D eigenvalue weighted by molar-refractivity contribution is 6.28. The highest BCUT2D eigenvalue weighted by Gasteiger charge is 2.17. The van der Waals surface area contributed by atoms with E-state index in [4.69, 9.17) is 16.3 Å². The van der Waals surface area contributed by atoms with Gasteiger partial charge >= 0.3 is 5.69 Å². The molecule has 104 valence electrons. The molecule has 0 saturated carbocycles. The topological polar surface area (TPSA) is 90.2 Å². The molecule has 0 spiro atoms. The zero-order chi connectivity index (χ0) is 14.7. The molecule has 2 rings (SSSR count). The quantitative estimate of drug-likeness (QED) is 0.529. The molecule has 0 atom stereocenters. The Hall–Kier alpha value is -2.41. The van der Waals surface area contributed by atoms with E-state index in [0.717, 1.165) is 17.5 Å². The predicted molar refractivity (Wildman–Crippen MR) is 74.7 cm³/mol. The molecule has 1 heterocycles. The Bertz CT molecular complexity index is 663. The fourth-order valence-corrected chi connectivity index (χ4v) is 1.81. The van der Waals surface area contributed by atoms with Crippen molar-refractivity contribution in [2.75, 3.05) is 12.4 Å². The Labute approximate surface area is 119 Å². The monoisotopic (exact) mass is 294 g/mol. The van der Waals surface area contributed by atoms with Crippen molar-refractivity contribution in [3.63, 3.8) is 0 Å². The summed E-state index contributed by atoms with van der Waals surface area (Å²) in [6, 6.07) is 5.27. The number of methoxy groups -OCH3 is 1. The van der Waals surface area contributed by atoms with Crippen molar-refractivity contribution in [1.82, 2.24) is 9.97 Å². The summed E-state index contributed by atoms with van der Waals surface area (Å²) in [5, 5.41) is 13.7. The number of hydrogen-bond donors (Lipinski definition) is 1. The number of halogens is 1. The lowest BCUT2D eigenvalue weighted by atomic mass is 10.2. The number of nitrogens with zero attached hydrogens (tertiary/aromatic N) is 3. The van der Waals surface area contributed by atoms with Gasteiger partial charge in [0.1, 0.15) is 11.9 Å². The lowest BCUT2D eigenvalue weighted by Crippen LogP contribution is -2.01. The highest BCUT2D eigenvalue weighted by Crippen LogP contribution is 2.28. The number of nitro groups is 1. The summed E-state index contributed by atoms with van der Waals surface area (Å²) in [5.74, 6) is 0.769. The van der Waals surface area contributed by atoms with Crippen LogP contribution in [-0.2, 0) is 0 Å². The molecule has 0 bridgehead atoms. The van der Waals surface area contributed by atoms with Crippen LogP contribution in [0.5, 0.6) is 5.75 Å². The van der Waals surface area contributed by atoms with E-state index in [1.165, 1.54) is 0 Å². The molecule has 1 N–H and O–H groups in total. The van der Waals surface area contributed by atoms with Crippen LogP contribution in [0.25, 0.3) is 0 Å². The van der Waals surface area contributed by atoms with Gasteiger partial charge in [-0.2, -0.15) is 4.98 Å². The molecular weight excluding hydrogens is 284 g/mol. The third kappa shape index (κ3) is 2.94. The minimum absolute atomic E-state index is 0.0413. The molecule has 1 aromatic heterocycles. The van der Waals surface area contributed by atoms with Crippen LogP contribution in [-0.4, -0.2) is 22.0 Å². The number of hydrogen-bond acceptors (Lipinski definition) is 6. The maximum Gasteiger partial charge on any atom is 0.329 e. The van der Waals surface area contributed by atoms with Crippen molar-refractivity contribution in [2.45, 2.75) is 6.92 Å². The van der Waals surface area contributed by atoms with E-state index < -0.39 is 4.92 Å². The first-order chi connectivity index (χ1) is 9.51. The average Bonchev–Trinajstić information content (AvgIpc) is 2.38. The van der Waals surface area contributed by atoms with Gasteiger partial charge in [0.05, 0.1) is 12.0 Å². The largest absolute Gasteiger partial charge is 0.496 e. The second-order valence-electron chi connectivity index (χ2n) is 3.94. The summed E-state index contributed by atoms with van der Waals surface area (Å²) in [7, 11) is 1.57. The SMILES string of the molecule is COc1ccc(Nc2nc(Cl)ncc2[N+](=O)[O-])cc1C.